The van der Waals surface area contributed by atoms with Crippen LogP contribution in [-0.4, -0.2) is 13.4 Å². The summed E-state index contributed by atoms with van der Waals surface area (Å²) in [5.74, 6) is -1.95. The first-order chi connectivity index (χ1) is 13.0. The van der Waals surface area contributed by atoms with Crippen LogP contribution in [0.1, 0.15) is 11.1 Å². The molecule has 0 amide bonds. The topological polar surface area (TPSA) is 79.0 Å². The van der Waals surface area contributed by atoms with Crippen LogP contribution in [0, 0.1) is 11.6 Å². The zero-order valence-corrected chi connectivity index (χ0v) is 14.6. The summed E-state index contributed by atoms with van der Waals surface area (Å²) in [5, 5.41) is -0.535. The van der Waals surface area contributed by atoms with Crippen molar-refractivity contribution in [1.82, 2.24) is 9.71 Å². The van der Waals surface area contributed by atoms with Crippen LogP contribution in [0.5, 0.6) is 0 Å². The largest absolute Gasteiger partial charge is 0.417 e. The highest BCUT2D eigenvalue weighted by Crippen LogP contribution is 2.34. The van der Waals surface area contributed by atoms with E-state index in [2.05, 4.69) is 4.98 Å². The first-order valence-corrected chi connectivity index (χ1v) is 9.14. The number of hydrogen-bond donors (Lipinski definition) is 2. The van der Waals surface area contributed by atoms with Crippen LogP contribution >= 0.6 is 0 Å². The van der Waals surface area contributed by atoms with Crippen LogP contribution in [0.4, 0.5) is 22.0 Å². The third-order valence-corrected chi connectivity index (χ3v) is 5.33. The Morgan fingerprint density at radius 1 is 1.00 bits per heavy atom. The highest BCUT2D eigenvalue weighted by atomic mass is 32.2. The number of halogens is 5. The van der Waals surface area contributed by atoms with Crippen molar-refractivity contribution in [1.29, 1.82) is 0 Å². The smallest absolute Gasteiger partial charge is 0.322 e. The number of rotatable bonds is 4. The van der Waals surface area contributed by atoms with Gasteiger partial charge in [0.15, 0.2) is 0 Å². The third kappa shape index (κ3) is 3.90. The molecule has 0 aliphatic heterocycles. The highest BCUT2D eigenvalue weighted by Gasteiger charge is 2.33. The normalized spacial score (nSPS) is 12.5. The van der Waals surface area contributed by atoms with Gasteiger partial charge in [0.1, 0.15) is 11.6 Å². The van der Waals surface area contributed by atoms with E-state index in [0.717, 1.165) is 36.4 Å². The number of fused-ring (bicyclic) bond motifs is 1. The Morgan fingerprint density at radius 2 is 1.64 bits per heavy atom. The lowest BCUT2D eigenvalue weighted by atomic mass is 10.1. The van der Waals surface area contributed by atoms with Gasteiger partial charge in [-0.1, -0.05) is 6.07 Å². The van der Waals surface area contributed by atoms with Gasteiger partial charge in [0.05, 0.1) is 10.5 Å². The summed E-state index contributed by atoms with van der Waals surface area (Å²) in [5.41, 5.74) is -3.04. The van der Waals surface area contributed by atoms with Gasteiger partial charge < -0.3 is 4.98 Å². The molecule has 0 bridgehead atoms. The molecule has 3 rings (SSSR count). The van der Waals surface area contributed by atoms with Gasteiger partial charge in [-0.2, -0.15) is 13.2 Å². The van der Waals surface area contributed by atoms with Crippen LogP contribution in [-0.2, 0) is 22.7 Å². The summed E-state index contributed by atoms with van der Waals surface area (Å²) in [7, 11) is -4.40. The van der Waals surface area contributed by atoms with E-state index in [1.54, 1.807) is 0 Å². The van der Waals surface area contributed by atoms with Crippen molar-refractivity contribution in [2.24, 2.45) is 0 Å². The summed E-state index contributed by atoms with van der Waals surface area (Å²) < 4.78 is 93.5. The van der Waals surface area contributed by atoms with Crippen molar-refractivity contribution in [3.05, 3.63) is 75.6 Å². The molecule has 2 aromatic carbocycles. The molecule has 1 heterocycles. The maximum Gasteiger partial charge on any atom is 0.417 e. The molecule has 28 heavy (non-hydrogen) atoms. The zero-order valence-electron chi connectivity index (χ0n) is 13.8. The number of nitrogens with one attached hydrogen (secondary N) is 2. The van der Waals surface area contributed by atoms with Crippen LogP contribution in [0.2, 0.25) is 0 Å². The summed E-state index contributed by atoms with van der Waals surface area (Å²) in [6.45, 7) is -0.739. The van der Waals surface area contributed by atoms with Crippen LogP contribution < -0.4 is 10.3 Å². The molecule has 0 fully saturated rings. The Morgan fingerprint density at radius 3 is 2.25 bits per heavy atom. The quantitative estimate of drug-likeness (QED) is 0.639. The van der Waals surface area contributed by atoms with Crippen molar-refractivity contribution < 1.29 is 30.4 Å². The van der Waals surface area contributed by atoms with Crippen LogP contribution in [0.25, 0.3) is 10.9 Å². The second-order valence-electron chi connectivity index (χ2n) is 5.78. The standard InChI is InChI=1S/C17H11F5N2O3S/c18-13-2-1-3-14(19)11(13)8-23-28(26,27)9-4-5-15-10(6-9)12(17(20,21)22)7-16(25)24-15/h1-7,23H,8H2,(H,24,25). The second-order valence-corrected chi connectivity index (χ2v) is 7.54. The number of pyridine rings is 1. The lowest BCUT2D eigenvalue weighted by molar-refractivity contribution is -0.136. The molecular formula is C17H11F5N2O3S. The van der Waals surface area contributed by atoms with E-state index in [1.807, 2.05) is 4.72 Å². The summed E-state index contributed by atoms with van der Waals surface area (Å²) in [6.07, 6.45) is -4.89. The van der Waals surface area contributed by atoms with Gasteiger partial charge in [-0.3, -0.25) is 4.79 Å². The molecule has 0 saturated carbocycles. The van der Waals surface area contributed by atoms with E-state index in [4.69, 9.17) is 0 Å². The van der Waals surface area contributed by atoms with Gasteiger partial charge in [-0.25, -0.2) is 21.9 Å². The predicted octanol–water partition coefficient (Wildman–Crippen LogP) is 3.30. The first-order valence-electron chi connectivity index (χ1n) is 7.66. The van der Waals surface area contributed by atoms with Crippen LogP contribution in [0.15, 0.2) is 52.2 Å². The summed E-state index contributed by atoms with van der Waals surface area (Å²) >= 11 is 0. The maximum absolute atomic E-state index is 13.6. The molecule has 0 saturated heterocycles. The van der Waals surface area contributed by atoms with Crippen molar-refractivity contribution in [3.8, 4) is 0 Å². The lowest BCUT2D eigenvalue weighted by Gasteiger charge is -2.12. The second kappa shape index (κ2) is 6.99. The minimum Gasteiger partial charge on any atom is -0.322 e. The first kappa shape index (κ1) is 20.0. The van der Waals surface area contributed by atoms with Crippen molar-refractivity contribution >= 4 is 20.9 Å². The molecule has 0 aliphatic carbocycles. The van der Waals surface area contributed by atoms with E-state index in [-0.39, 0.29) is 5.52 Å². The molecular weight excluding hydrogens is 407 g/mol. The predicted molar refractivity (Wildman–Crippen MR) is 90.0 cm³/mol. The summed E-state index contributed by atoms with van der Waals surface area (Å²) in [4.78, 5) is 13.0. The Kier molecular flexibility index (Phi) is 4.98. The molecule has 0 atom stereocenters. The van der Waals surface area contributed by atoms with E-state index in [9.17, 15) is 35.2 Å². The fraction of sp³-hybridized carbons (Fsp3) is 0.118. The Bertz CT molecular complexity index is 1200. The molecule has 0 spiro atoms. The average molecular weight is 418 g/mol. The summed E-state index contributed by atoms with van der Waals surface area (Å²) in [6, 6.07) is 6.01. The van der Waals surface area contributed by atoms with Gasteiger partial charge in [0.2, 0.25) is 15.6 Å². The average Bonchev–Trinajstić information content (AvgIpc) is 2.59. The van der Waals surface area contributed by atoms with Crippen molar-refractivity contribution in [2.45, 2.75) is 17.6 Å². The zero-order chi connectivity index (χ0) is 20.7. The minimum absolute atomic E-state index is 0.209. The number of alkyl halides is 3. The van der Waals surface area contributed by atoms with Gasteiger partial charge in [0, 0.05) is 29.1 Å². The Hall–Kier alpha value is -2.79. The molecule has 1 aromatic heterocycles. The molecule has 0 aliphatic rings. The van der Waals surface area contributed by atoms with E-state index >= 15 is 0 Å². The van der Waals surface area contributed by atoms with Crippen LogP contribution in [0.3, 0.4) is 0 Å². The fourth-order valence-corrected chi connectivity index (χ4v) is 3.61. The number of benzene rings is 2. The van der Waals surface area contributed by atoms with Gasteiger partial charge in [0.25, 0.3) is 0 Å². The molecule has 2 N–H and O–H groups in total. The minimum atomic E-state index is -4.89. The SMILES string of the molecule is O=c1cc(C(F)(F)F)c2cc(S(=O)(=O)NCc3c(F)cccc3F)ccc2[nH]1. The third-order valence-electron chi connectivity index (χ3n) is 3.93. The van der Waals surface area contributed by atoms with Gasteiger partial charge >= 0.3 is 6.18 Å². The molecule has 148 valence electrons. The number of aromatic amines is 1. The molecule has 3 aromatic rings. The van der Waals surface area contributed by atoms with Gasteiger partial charge in [-0.05, 0) is 30.3 Å². The maximum atomic E-state index is 13.6. The molecule has 11 heteroatoms. The molecule has 0 radical (unpaired) electrons. The number of hydrogen-bond acceptors (Lipinski definition) is 3. The van der Waals surface area contributed by atoms with Crippen molar-refractivity contribution in [3.63, 3.8) is 0 Å². The van der Waals surface area contributed by atoms with E-state index < -0.39 is 61.3 Å². The monoisotopic (exact) mass is 418 g/mol. The van der Waals surface area contributed by atoms with E-state index in [0.29, 0.717) is 6.07 Å². The molecule has 0 unspecified atom stereocenters. The Labute approximate surface area is 154 Å². The Balaban J connectivity index is 2.03. The fourth-order valence-electron chi connectivity index (χ4n) is 2.59. The number of sulfonamides is 1. The van der Waals surface area contributed by atoms with E-state index in [1.165, 1.54) is 0 Å². The van der Waals surface area contributed by atoms with Gasteiger partial charge in [-0.15, -0.1) is 0 Å². The van der Waals surface area contributed by atoms with Crippen molar-refractivity contribution in [2.75, 3.05) is 0 Å². The lowest BCUT2D eigenvalue weighted by Crippen LogP contribution is -2.24. The number of aromatic nitrogens is 1. The number of H-pyrrole nitrogens is 1. The highest BCUT2D eigenvalue weighted by molar-refractivity contribution is 7.89. The molecule has 5 nitrogen and oxygen atoms in total.